The second kappa shape index (κ2) is 63.1. The molecular formula is C109H136N8. The highest BCUT2D eigenvalue weighted by Crippen LogP contribution is 2.22. The van der Waals surface area contributed by atoms with Gasteiger partial charge in [0.1, 0.15) is 0 Å². The summed E-state index contributed by atoms with van der Waals surface area (Å²) in [4.78, 5) is 33.4. The van der Waals surface area contributed by atoms with Gasteiger partial charge in [0.2, 0.25) is 0 Å². The molecule has 0 aliphatic carbocycles. The van der Waals surface area contributed by atoms with Crippen LogP contribution in [0.25, 0.3) is 97.3 Å². The lowest BCUT2D eigenvalue weighted by atomic mass is 10.1. The Morgan fingerprint density at radius 1 is 0.171 bits per heavy atom. The summed E-state index contributed by atoms with van der Waals surface area (Å²) in [5, 5.41) is 18.9. The fourth-order valence-electron chi connectivity index (χ4n) is 11.4. The summed E-state index contributed by atoms with van der Waals surface area (Å²) >= 11 is 0. The molecule has 0 aliphatic rings. The third-order valence-electron chi connectivity index (χ3n) is 16.9. The maximum absolute atomic E-state index is 4.28. The van der Waals surface area contributed by atoms with Gasteiger partial charge in [-0.1, -0.05) is 337 Å². The Hall–Kier alpha value is -12.3. The highest BCUT2D eigenvalue weighted by atomic mass is 14.7. The highest BCUT2D eigenvalue weighted by molar-refractivity contribution is 5.89. The van der Waals surface area contributed by atoms with Gasteiger partial charge in [-0.3, -0.25) is 39.9 Å². The molecule has 0 saturated heterocycles. The van der Waals surface area contributed by atoms with E-state index >= 15 is 0 Å². The fraction of sp³-hybridized carbons (Fsp3) is 0.248. The van der Waals surface area contributed by atoms with Gasteiger partial charge in [-0.25, -0.2) is 0 Å². The van der Waals surface area contributed by atoms with Crippen LogP contribution in [0.3, 0.4) is 0 Å². The molecule has 0 radical (unpaired) electrons. The number of aromatic nitrogens is 8. The number of aryl methyl sites for hydroxylation is 9. The van der Waals surface area contributed by atoms with Crippen molar-refractivity contribution in [3.63, 3.8) is 0 Å². The molecule has 8 aromatic heterocycles. The molecule has 10 aromatic carbocycles. The second-order valence-corrected chi connectivity index (χ2v) is 24.0. The minimum Gasteiger partial charge on any atom is -0.264 e. The highest BCUT2D eigenvalue weighted by Gasteiger charge is 2.00. The van der Waals surface area contributed by atoms with Crippen LogP contribution in [-0.2, 0) is 0 Å². The van der Waals surface area contributed by atoms with Crippen molar-refractivity contribution in [1.29, 1.82) is 0 Å². The predicted octanol–water partition coefficient (Wildman–Crippen LogP) is 32.7. The van der Waals surface area contributed by atoms with Crippen LogP contribution in [0, 0.1) is 62.3 Å². The fourth-order valence-corrected chi connectivity index (χ4v) is 11.4. The van der Waals surface area contributed by atoms with Crippen LogP contribution < -0.4 is 0 Å². The van der Waals surface area contributed by atoms with Gasteiger partial charge in [-0.05, 0) is 194 Å². The van der Waals surface area contributed by atoms with E-state index < -0.39 is 0 Å². The Labute approximate surface area is 705 Å². The number of hydrogen-bond donors (Lipinski definition) is 0. The van der Waals surface area contributed by atoms with E-state index in [1.54, 1.807) is 0 Å². The number of benzene rings is 10. The Bertz CT molecular complexity index is 4630. The minimum absolute atomic E-state index is 1.07. The molecule has 0 unspecified atom stereocenters. The van der Waals surface area contributed by atoms with Gasteiger partial charge in [0.05, 0.1) is 16.6 Å². The maximum Gasteiger partial charge on any atom is 0.0731 e. The zero-order valence-corrected chi connectivity index (χ0v) is 75.8. The zero-order chi connectivity index (χ0) is 87.1. The predicted molar refractivity (Wildman–Crippen MR) is 523 cm³/mol. The minimum atomic E-state index is 1.07. The zero-order valence-electron chi connectivity index (χ0n) is 75.8. The maximum atomic E-state index is 4.28. The summed E-state index contributed by atoms with van der Waals surface area (Å²) in [6, 6.07) is 91.0. The molecule has 0 N–H and O–H groups in total. The van der Waals surface area contributed by atoms with E-state index in [-0.39, 0.29) is 0 Å². The lowest BCUT2D eigenvalue weighted by Gasteiger charge is -1.98. The number of fused-ring (bicyclic) bond motifs is 9. The normalized spacial score (nSPS) is 9.15. The van der Waals surface area contributed by atoms with Gasteiger partial charge in [-0.15, -0.1) is 0 Å². The molecule has 117 heavy (non-hydrogen) atoms. The molecule has 612 valence electrons. The van der Waals surface area contributed by atoms with Crippen LogP contribution >= 0.6 is 0 Å². The lowest BCUT2D eigenvalue weighted by Crippen LogP contribution is -1.80. The van der Waals surface area contributed by atoms with Crippen LogP contribution in [0.5, 0.6) is 0 Å². The van der Waals surface area contributed by atoms with Crippen molar-refractivity contribution < 1.29 is 0 Å². The number of hydrogen-bond acceptors (Lipinski definition) is 8. The molecule has 0 amide bonds. The third-order valence-corrected chi connectivity index (χ3v) is 16.9. The Kier molecular flexibility index (Phi) is 55.4. The average molecular weight is 1560 g/mol. The first-order chi connectivity index (χ1) is 57.4. The first-order valence-corrected chi connectivity index (χ1v) is 42.2. The van der Waals surface area contributed by atoms with E-state index in [0.29, 0.717) is 0 Å². The average Bonchev–Trinajstić information content (AvgIpc) is 0.876. The number of pyridine rings is 8. The first kappa shape index (κ1) is 103. The van der Waals surface area contributed by atoms with Gasteiger partial charge in [0, 0.05) is 123 Å². The quantitative estimate of drug-likeness (QED) is 0.148. The van der Waals surface area contributed by atoms with Gasteiger partial charge in [-0.2, -0.15) is 0 Å². The Morgan fingerprint density at radius 3 is 1.06 bits per heavy atom. The van der Waals surface area contributed by atoms with Crippen molar-refractivity contribution in [3.05, 3.63) is 385 Å². The second-order valence-electron chi connectivity index (χ2n) is 24.0. The Morgan fingerprint density at radius 2 is 0.513 bits per heavy atom. The van der Waals surface area contributed by atoms with Crippen molar-refractivity contribution in [2.24, 2.45) is 0 Å². The molecule has 0 spiro atoms. The van der Waals surface area contributed by atoms with E-state index in [1.165, 1.54) is 120 Å². The number of nitrogens with zero attached hydrogens (tertiary/aromatic N) is 8. The van der Waals surface area contributed by atoms with Gasteiger partial charge in [0.15, 0.2) is 0 Å². The molecule has 0 fully saturated rings. The number of para-hydroxylation sites is 2. The molecule has 0 bridgehead atoms. The van der Waals surface area contributed by atoms with Crippen molar-refractivity contribution >= 4 is 97.3 Å². The van der Waals surface area contributed by atoms with Crippen LogP contribution in [-0.4, -0.2) is 39.9 Å². The summed E-state index contributed by atoms with van der Waals surface area (Å²) < 4.78 is 0. The lowest BCUT2D eigenvalue weighted by molar-refractivity contribution is 1.22. The standard InChI is InChI=1S/C11H10.8C10H9N.9C2H6/c1-9-5-4-7-10-6-2-3-8-11(9)10;1-8-4-2-6-10-9(8)5-3-7-11-10;1-8-4-2-5-9-6-3-7-11-10(8)9;1-8-3-2-4-9-7-11-6-5-10(8)9;1-8-3-2-4-9-5-6-11-7-10(8)9;1-8-6-11-7-9-4-2-3-5-10(8)9;1-8-6-9-4-2-3-5-10(9)7-11-8;1-8-10-5-3-2-4-9(10)6-7-11-8;1-8-6-7-11-10-5-3-2-4-9(8)10;9*1-2/h2-8H,1H3;8*2-7H,1H3;9*1-2H3. The van der Waals surface area contributed by atoms with Crippen LogP contribution in [0.1, 0.15) is 175 Å². The molecule has 0 atom stereocenters. The molecule has 0 saturated carbocycles. The van der Waals surface area contributed by atoms with E-state index in [4.69, 9.17) is 0 Å². The van der Waals surface area contributed by atoms with Crippen LogP contribution in [0.2, 0.25) is 0 Å². The van der Waals surface area contributed by atoms with Crippen LogP contribution in [0.15, 0.2) is 335 Å². The third kappa shape index (κ3) is 34.8. The van der Waals surface area contributed by atoms with E-state index in [1.807, 2.05) is 304 Å². The molecule has 18 aromatic rings. The summed E-state index contributed by atoms with van der Waals surface area (Å²) in [6.07, 6.45) is 20.5. The smallest absolute Gasteiger partial charge is 0.0731 e. The van der Waals surface area contributed by atoms with Crippen molar-refractivity contribution in [3.8, 4) is 0 Å². The summed E-state index contributed by atoms with van der Waals surface area (Å²) in [7, 11) is 0. The topological polar surface area (TPSA) is 103 Å². The molecule has 0 aliphatic heterocycles. The van der Waals surface area contributed by atoms with Crippen molar-refractivity contribution in [2.45, 2.75) is 187 Å². The van der Waals surface area contributed by atoms with E-state index in [0.717, 1.165) is 27.9 Å². The van der Waals surface area contributed by atoms with Gasteiger partial charge < -0.3 is 0 Å². The Balaban J connectivity index is 0.000000642. The molecule has 8 nitrogen and oxygen atoms in total. The SMILES string of the molecule is CC.CC.CC.CC.CC.CC.CC.CC.CC.Cc1cc2ccccc2cn1.Cc1cccc2ccccc12.Cc1cccc2cccnc12.Cc1cccc2ccncc12.Cc1cccc2cnccc12.Cc1cccc2ncccc12.Cc1ccnc2ccccc12.Cc1cncc2ccccc12.Cc1nccc2ccccc12. The number of rotatable bonds is 0. The van der Waals surface area contributed by atoms with Gasteiger partial charge in [0.25, 0.3) is 0 Å². The first-order valence-electron chi connectivity index (χ1n) is 42.2. The summed E-state index contributed by atoms with van der Waals surface area (Å²) in [5.41, 5.74) is 14.4. The van der Waals surface area contributed by atoms with Gasteiger partial charge >= 0.3 is 0 Å². The van der Waals surface area contributed by atoms with E-state index in [9.17, 15) is 0 Å². The monoisotopic (exact) mass is 1560 g/mol. The molecular weight excluding hydrogens is 1420 g/mol. The van der Waals surface area contributed by atoms with Crippen molar-refractivity contribution in [1.82, 2.24) is 39.9 Å². The molecule has 8 heterocycles. The van der Waals surface area contributed by atoms with E-state index in [2.05, 4.69) is 258 Å². The molecule has 8 heteroatoms. The largest absolute Gasteiger partial charge is 0.264 e. The van der Waals surface area contributed by atoms with Crippen molar-refractivity contribution in [2.75, 3.05) is 0 Å². The molecule has 18 rings (SSSR count). The summed E-state index contributed by atoms with van der Waals surface area (Å²) in [5.74, 6) is 0. The summed E-state index contributed by atoms with van der Waals surface area (Å²) in [6.45, 7) is 54.8. The van der Waals surface area contributed by atoms with Crippen LogP contribution in [0.4, 0.5) is 0 Å².